The van der Waals surface area contributed by atoms with Gasteiger partial charge in [-0.15, -0.1) is 0 Å². The van der Waals surface area contributed by atoms with Crippen LogP contribution in [0.2, 0.25) is 0 Å². The van der Waals surface area contributed by atoms with E-state index in [0.29, 0.717) is 12.5 Å². The Labute approximate surface area is 110 Å². The van der Waals surface area contributed by atoms with Gasteiger partial charge in [-0.2, -0.15) is 0 Å². The number of piperidine rings is 1. The van der Waals surface area contributed by atoms with E-state index in [1.54, 1.807) is 0 Å². The molecule has 2 rings (SSSR count). The predicted molar refractivity (Wildman–Crippen MR) is 71.3 cm³/mol. The highest BCUT2D eigenvalue weighted by atomic mass is 16.3. The van der Waals surface area contributed by atoms with Gasteiger partial charge in [0.25, 0.3) is 0 Å². The number of carbonyl (C=O) groups is 1. The lowest BCUT2D eigenvalue weighted by Crippen LogP contribution is -2.44. The second-order valence-corrected chi connectivity index (χ2v) is 5.69. The minimum Gasteiger partial charge on any atom is -0.396 e. The molecule has 0 aromatic carbocycles. The zero-order chi connectivity index (χ0) is 13.0. The third-order valence-electron chi connectivity index (χ3n) is 4.43. The number of carbonyl (C=O) groups excluding carboxylic acids is 1. The van der Waals surface area contributed by atoms with E-state index in [9.17, 15) is 4.79 Å². The number of hydrogen-bond donors (Lipinski definition) is 1. The second-order valence-electron chi connectivity index (χ2n) is 5.69. The molecule has 2 atom stereocenters. The van der Waals surface area contributed by atoms with Crippen molar-refractivity contribution in [2.75, 3.05) is 32.8 Å². The number of amides is 1. The molecule has 0 aliphatic carbocycles. The van der Waals surface area contributed by atoms with Gasteiger partial charge in [0.05, 0.1) is 0 Å². The third kappa shape index (κ3) is 3.23. The fraction of sp³-hybridized carbons (Fsp3) is 0.929. The molecular weight excluding hydrogens is 228 g/mol. The molecule has 4 nitrogen and oxygen atoms in total. The molecule has 2 fully saturated rings. The maximum absolute atomic E-state index is 11.8. The Morgan fingerprint density at radius 1 is 1.33 bits per heavy atom. The SMILES string of the molecule is CCC1CCCCN1CCN1CC(CO)CC1=O. The number of likely N-dealkylation sites (tertiary alicyclic amines) is 2. The molecule has 0 bridgehead atoms. The molecule has 4 heteroatoms. The van der Waals surface area contributed by atoms with Crippen LogP contribution in [0.15, 0.2) is 0 Å². The summed E-state index contributed by atoms with van der Waals surface area (Å²) in [6.45, 7) is 6.17. The minimum atomic E-state index is 0.142. The highest BCUT2D eigenvalue weighted by molar-refractivity contribution is 5.78. The Morgan fingerprint density at radius 2 is 2.17 bits per heavy atom. The Hall–Kier alpha value is -0.610. The largest absolute Gasteiger partial charge is 0.396 e. The van der Waals surface area contributed by atoms with E-state index >= 15 is 0 Å². The van der Waals surface area contributed by atoms with Crippen LogP contribution < -0.4 is 0 Å². The molecule has 2 unspecified atom stereocenters. The summed E-state index contributed by atoms with van der Waals surface area (Å²) < 4.78 is 0. The van der Waals surface area contributed by atoms with Crippen LogP contribution in [0.25, 0.3) is 0 Å². The molecule has 1 amide bonds. The Kier molecular flexibility index (Phi) is 5.01. The van der Waals surface area contributed by atoms with Gasteiger partial charge in [0.1, 0.15) is 0 Å². The zero-order valence-corrected chi connectivity index (χ0v) is 11.5. The van der Waals surface area contributed by atoms with Gasteiger partial charge in [-0.25, -0.2) is 0 Å². The highest BCUT2D eigenvalue weighted by Crippen LogP contribution is 2.21. The van der Waals surface area contributed by atoms with Crippen molar-refractivity contribution in [3.63, 3.8) is 0 Å². The zero-order valence-electron chi connectivity index (χ0n) is 11.5. The number of rotatable bonds is 5. The molecule has 2 aliphatic heterocycles. The second kappa shape index (κ2) is 6.53. The van der Waals surface area contributed by atoms with Gasteiger partial charge in [-0.1, -0.05) is 13.3 Å². The molecule has 0 radical (unpaired) electrons. The quantitative estimate of drug-likeness (QED) is 0.799. The lowest BCUT2D eigenvalue weighted by atomic mass is 10.0. The first-order chi connectivity index (χ1) is 8.74. The van der Waals surface area contributed by atoms with Crippen molar-refractivity contribution < 1.29 is 9.90 Å². The van der Waals surface area contributed by atoms with E-state index in [0.717, 1.165) is 19.6 Å². The average Bonchev–Trinajstić information content (AvgIpc) is 2.77. The topological polar surface area (TPSA) is 43.8 Å². The maximum atomic E-state index is 11.8. The van der Waals surface area contributed by atoms with Crippen LogP contribution in [0.5, 0.6) is 0 Å². The third-order valence-corrected chi connectivity index (χ3v) is 4.43. The van der Waals surface area contributed by atoms with Gasteiger partial charge >= 0.3 is 0 Å². The number of hydrogen-bond acceptors (Lipinski definition) is 3. The molecular formula is C14H26N2O2. The standard InChI is InChI=1S/C14H26N2O2/c1-2-13-5-3-4-6-15(13)7-8-16-10-12(11-17)9-14(16)18/h12-13,17H,2-11H2,1H3. The summed E-state index contributed by atoms with van der Waals surface area (Å²) >= 11 is 0. The summed E-state index contributed by atoms with van der Waals surface area (Å²) in [6.07, 6.45) is 5.71. The van der Waals surface area contributed by atoms with Gasteiger partial charge in [-0.05, 0) is 25.8 Å². The van der Waals surface area contributed by atoms with E-state index in [2.05, 4.69) is 11.8 Å². The molecule has 0 aromatic rings. The molecule has 18 heavy (non-hydrogen) atoms. The molecule has 1 N–H and O–H groups in total. The Bertz CT molecular complexity index is 283. The number of nitrogens with zero attached hydrogens (tertiary/aromatic N) is 2. The first-order valence-corrected chi connectivity index (χ1v) is 7.37. The normalized spacial score (nSPS) is 30.1. The van der Waals surface area contributed by atoms with Crippen LogP contribution in [0.4, 0.5) is 0 Å². The summed E-state index contributed by atoms with van der Waals surface area (Å²) in [5.41, 5.74) is 0. The summed E-state index contributed by atoms with van der Waals surface area (Å²) in [5.74, 6) is 0.389. The van der Waals surface area contributed by atoms with Crippen molar-refractivity contribution in [1.29, 1.82) is 0 Å². The molecule has 0 saturated carbocycles. The monoisotopic (exact) mass is 254 g/mol. The predicted octanol–water partition coefficient (Wildman–Crippen LogP) is 1.09. The van der Waals surface area contributed by atoms with E-state index < -0.39 is 0 Å². The lowest BCUT2D eigenvalue weighted by molar-refractivity contribution is -0.128. The van der Waals surface area contributed by atoms with Gasteiger partial charge in [0.15, 0.2) is 0 Å². The van der Waals surface area contributed by atoms with Crippen LogP contribution >= 0.6 is 0 Å². The lowest BCUT2D eigenvalue weighted by Gasteiger charge is -2.36. The van der Waals surface area contributed by atoms with Crippen LogP contribution in [-0.4, -0.2) is 59.6 Å². The number of aliphatic hydroxyl groups is 1. The van der Waals surface area contributed by atoms with Crippen LogP contribution in [-0.2, 0) is 4.79 Å². The van der Waals surface area contributed by atoms with Crippen molar-refractivity contribution in [2.24, 2.45) is 5.92 Å². The van der Waals surface area contributed by atoms with Crippen molar-refractivity contribution >= 4 is 5.91 Å². The van der Waals surface area contributed by atoms with Gasteiger partial charge in [0.2, 0.25) is 5.91 Å². The van der Waals surface area contributed by atoms with Crippen molar-refractivity contribution in [1.82, 2.24) is 9.80 Å². The van der Waals surface area contributed by atoms with E-state index in [-0.39, 0.29) is 18.4 Å². The van der Waals surface area contributed by atoms with E-state index in [1.165, 1.54) is 32.2 Å². The van der Waals surface area contributed by atoms with Crippen LogP contribution in [0, 0.1) is 5.92 Å². The fourth-order valence-electron chi connectivity index (χ4n) is 3.26. The summed E-state index contributed by atoms with van der Waals surface area (Å²) in [4.78, 5) is 16.2. The van der Waals surface area contributed by atoms with Crippen molar-refractivity contribution in [3.8, 4) is 0 Å². The number of aliphatic hydroxyl groups excluding tert-OH is 1. The van der Waals surface area contributed by atoms with Gasteiger partial charge in [0, 0.05) is 44.6 Å². The van der Waals surface area contributed by atoms with Crippen molar-refractivity contribution in [2.45, 2.75) is 45.1 Å². The first kappa shape index (κ1) is 13.8. The van der Waals surface area contributed by atoms with Gasteiger partial charge < -0.3 is 10.0 Å². The Morgan fingerprint density at radius 3 is 2.83 bits per heavy atom. The molecule has 0 spiro atoms. The summed E-state index contributed by atoms with van der Waals surface area (Å²) in [7, 11) is 0. The smallest absolute Gasteiger partial charge is 0.223 e. The van der Waals surface area contributed by atoms with Crippen LogP contribution in [0.1, 0.15) is 39.0 Å². The summed E-state index contributed by atoms with van der Waals surface area (Å²) in [6, 6.07) is 0.713. The van der Waals surface area contributed by atoms with Gasteiger partial charge in [-0.3, -0.25) is 9.69 Å². The maximum Gasteiger partial charge on any atom is 0.223 e. The molecule has 104 valence electrons. The molecule has 2 saturated heterocycles. The van der Waals surface area contributed by atoms with Crippen LogP contribution in [0.3, 0.4) is 0 Å². The van der Waals surface area contributed by atoms with E-state index in [1.807, 2.05) is 4.90 Å². The fourth-order valence-corrected chi connectivity index (χ4v) is 3.26. The summed E-state index contributed by atoms with van der Waals surface area (Å²) in [5, 5.41) is 9.11. The Balaban J connectivity index is 1.78. The highest BCUT2D eigenvalue weighted by Gasteiger charge is 2.29. The molecule has 0 aromatic heterocycles. The average molecular weight is 254 g/mol. The molecule has 2 aliphatic rings. The molecule has 2 heterocycles. The minimum absolute atomic E-state index is 0.142. The van der Waals surface area contributed by atoms with Crippen molar-refractivity contribution in [3.05, 3.63) is 0 Å². The first-order valence-electron chi connectivity index (χ1n) is 7.37. The van der Waals surface area contributed by atoms with E-state index in [4.69, 9.17) is 5.11 Å².